The highest BCUT2D eigenvalue weighted by molar-refractivity contribution is 7.80. The van der Waals surface area contributed by atoms with Gasteiger partial charge < -0.3 is 10.6 Å². The van der Waals surface area contributed by atoms with Crippen molar-refractivity contribution < 1.29 is 0 Å². The van der Waals surface area contributed by atoms with Crippen molar-refractivity contribution in [3.63, 3.8) is 0 Å². The minimum absolute atomic E-state index is 0.661. The fourth-order valence-corrected chi connectivity index (χ4v) is 1.31. The normalized spacial score (nSPS) is 9.93. The molecule has 0 atom stereocenters. The Kier molecular flexibility index (Phi) is 3.88. The number of rotatable bonds is 3. The van der Waals surface area contributed by atoms with E-state index in [2.05, 4.69) is 29.6 Å². The average molecular weight is 212 g/mol. The van der Waals surface area contributed by atoms with Crippen LogP contribution in [-0.4, -0.2) is 21.9 Å². The van der Waals surface area contributed by atoms with E-state index in [1.165, 1.54) is 11.3 Å². The van der Waals surface area contributed by atoms with Crippen LogP contribution < -0.4 is 10.6 Å². The topological polar surface area (TPSA) is 41.9 Å². The van der Waals surface area contributed by atoms with E-state index in [1.807, 2.05) is 10.9 Å². The van der Waals surface area contributed by atoms with Gasteiger partial charge in [0, 0.05) is 31.4 Å². The Bertz CT molecular complexity index is 319. The standard InChI is InChI=1S/C9H16N4S/c1-4-13-7(2)8(6-12-13)5-11-9(14)10-3/h6H,4-5H2,1-3H3,(H2,10,11,14). The third kappa shape index (κ3) is 2.45. The maximum Gasteiger partial charge on any atom is 0.166 e. The molecule has 1 rings (SSSR count). The van der Waals surface area contributed by atoms with E-state index < -0.39 is 0 Å². The minimum atomic E-state index is 0.661. The van der Waals surface area contributed by atoms with Crippen molar-refractivity contribution in [2.24, 2.45) is 0 Å². The molecule has 0 aliphatic carbocycles. The summed E-state index contributed by atoms with van der Waals surface area (Å²) in [7, 11) is 1.80. The number of aromatic nitrogens is 2. The van der Waals surface area contributed by atoms with E-state index in [1.54, 1.807) is 7.05 Å². The molecule has 0 aliphatic heterocycles. The van der Waals surface area contributed by atoms with Gasteiger partial charge in [-0.15, -0.1) is 0 Å². The number of aryl methyl sites for hydroxylation is 1. The van der Waals surface area contributed by atoms with Crippen LogP contribution in [0.4, 0.5) is 0 Å². The Balaban J connectivity index is 2.59. The first-order chi connectivity index (χ1) is 6.69. The number of hydrogen-bond acceptors (Lipinski definition) is 2. The molecule has 78 valence electrons. The molecule has 0 unspecified atom stereocenters. The van der Waals surface area contributed by atoms with E-state index in [-0.39, 0.29) is 0 Å². The largest absolute Gasteiger partial charge is 0.366 e. The van der Waals surface area contributed by atoms with Crippen LogP contribution in [0, 0.1) is 6.92 Å². The molecule has 0 radical (unpaired) electrons. The van der Waals surface area contributed by atoms with E-state index in [9.17, 15) is 0 Å². The summed E-state index contributed by atoms with van der Waals surface area (Å²) < 4.78 is 1.97. The fourth-order valence-electron chi connectivity index (χ4n) is 1.24. The second kappa shape index (κ2) is 4.95. The van der Waals surface area contributed by atoms with E-state index in [0.717, 1.165) is 13.1 Å². The van der Waals surface area contributed by atoms with Gasteiger partial charge >= 0.3 is 0 Å². The van der Waals surface area contributed by atoms with Gasteiger partial charge in [-0.3, -0.25) is 4.68 Å². The summed E-state index contributed by atoms with van der Waals surface area (Å²) >= 11 is 4.98. The predicted octanol–water partition coefficient (Wildman–Crippen LogP) is 0.805. The van der Waals surface area contributed by atoms with Crippen molar-refractivity contribution in [2.75, 3.05) is 7.05 Å². The van der Waals surface area contributed by atoms with Crippen LogP contribution in [0.15, 0.2) is 6.20 Å². The van der Waals surface area contributed by atoms with Gasteiger partial charge in [0.05, 0.1) is 6.20 Å². The van der Waals surface area contributed by atoms with Gasteiger partial charge in [0.2, 0.25) is 0 Å². The summed E-state index contributed by atoms with van der Waals surface area (Å²) in [6, 6.07) is 0. The summed E-state index contributed by atoms with van der Waals surface area (Å²) in [6.07, 6.45) is 1.88. The lowest BCUT2D eigenvalue weighted by Gasteiger charge is -2.06. The molecule has 0 bridgehead atoms. The number of nitrogens with one attached hydrogen (secondary N) is 2. The van der Waals surface area contributed by atoms with Gasteiger partial charge in [-0.05, 0) is 26.1 Å². The molecule has 5 heteroatoms. The highest BCUT2D eigenvalue weighted by atomic mass is 32.1. The van der Waals surface area contributed by atoms with Crippen LogP contribution in [0.5, 0.6) is 0 Å². The fraction of sp³-hybridized carbons (Fsp3) is 0.556. The highest BCUT2D eigenvalue weighted by Crippen LogP contribution is 2.06. The Hall–Kier alpha value is -1.10. The second-order valence-corrected chi connectivity index (χ2v) is 3.41. The lowest BCUT2D eigenvalue weighted by Crippen LogP contribution is -2.31. The Morgan fingerprint density at radius 3 is 2.86 bits per heavy atom. The molecule has 2 N–H and O–H groups in total. The first-order valence-corrected chi connectivity index (χ1v) is 5.06. The van der Waals surface area contributed by atoms with Crippen LogP contribution in [-0.2, 0) is 13.1 Å². The quantitative estimate of drug-likeness (QED) is 0.727. The monoisotopic (exact) mass is 212 g/mol. The summed E-state index contributed by atoms with van der Waals surface area (Å²) in [4.78, 5) is 0. The zero-order chi connectivity index (χ0) is 10.6. The van der Waals surface area contributed by atoms with Crippen molar-refractivity contribution in [1.82, 2.24) is 20.4 Å². The van der Waals surface area contributed by atoms with E-state index in [0.29, 0.717) is 5.11 Å². The molecule has 1 heterocycles. The molecule has 0 amide bonds. The smallest absolute Gasteiger partial charge is 0.166 e. The van der Waals surface area contributed by atoms with E-state index in [4.69, 9.17) is 12.2 Å². The summed E-state index contributed by atoms with van der Waals surface area (Å²) in [5.41, 5.74) is 2.38. The summed E-state index contributed by atoms with van der Waals surface area (Å²) in [5.74, 6) is 0. The zero-order valence-corrected chi connectivity index (χ0v) is 9.61. The van der Waals surface area contributed by atoms with Gasteiger partial charge in [-0.25, -0.2) is 0 Å². The maximum atomic E-state index is 4.98. The second-order valence-electron chi connectivity index (χ2n) is 3.00. The number of nitrogens with zero attached hydrogens (tertiary/aromatic N) is 2. The molecular formula is C9H16N4S. The molecule has 0 spiro atoms. The lowest BCUT2D eigenvalue weighted by atomic mass is 10.2. The maximum absolute atomic E-state index is 4.98. The van der Waals surface area contributed by atoms with Crippen LogP contribution in [0.3, 0.4) is 0 Å². The lowest BCUT2D eigenvalue weighted by molar-refractivity contribution is 0.637. The van der Waals surface area contributed by atoms with Crippen molar-refractivity contribution in [3.8, 4) is 0 Å². The molecule has 14 heavy (non-hydrogen) atoms. The van der Waals surface area contributed by atoms with Crippen molar-refractivity contribution in [2.45, 2.75) is 26.9 Å². The molecule has 1 aromatic heterocycles. The molecule has 4 nitrogen and oxygen atoms in total. The highest BCUT2D eigenvalue weighted by Gasteiger charge is 2.04. The molecular weight excluding hydrogens is 196 g/mol. The van der Waals surface area contributed by atoms with Crippen LogP contribution >= 0.6 is 12.2 Å². The molecule has 1 aromatic rings. The van der Waals surface area contributed by atoms with Gasteiger partial charge in [-0.2, -0.15) is 5.10 Å². The van der Waals surface area contributed by atoms with Crippen molar-refractivity contribution in [3.05, 3.63) is 17.5 Å². The van der Waals surface area contributed by atoms with Crippen LogP contribution in [0.1, 0.15) is 18.2 Å². The number of thiocarbonyl (C=S) groups is 1. The predicted molar refractivity (Wildman–Crippen MR) is 61.1 cm³/mol. The molecule has 0 aliphatic rings. The molecule has 0 saturated carbocycles. The van der Waals surface area contributed by atoms with Gasteiger partial charge in [0.25, 0.3) is 0 Å². The first-order valence-electron chi connectivity index (χ1n) is 4.66. The molecule has 0 saturated heterocycles. The van der Waals surface area contributed by atoms with Gasteiger partial charge in [0.15, 0.2) is 5.11 Å². The average Bonchev–Trinajstić information content (AvgIpc) is 2.56. The Labute approximate surface area is 89.7 Å². The van der Waals surface area contributed by atoms with Crippen LogP contribution in [0.2, 0.25) is 0 Å². The van der Waals surface area contributed by atoms with Crippen molar-refractivity contribution in [1.29, 1.82) is 0 Å². The molecule has 0 aromatic carbocycles. The Morgan fingerprint density at radius 1 is 1.64 bits per heavy atom. The van der Waals surface area contributed by atoms with Gasteiger partial charge in [-0.1, -0.05) is 0 Å². The minimum Gasteiger partial charge on any atom is -0.366 e. The number of hydrogen-bond donors (Lipinski definition) is 2. The zero-order valence-electron chi connectivity index (χ0n) is 8.79. The van der Waals surface area contributed by atoms with Crippen molar-refractivity contribution >= 4 is 17.3 Å². The third-order valence-electron chi connectivity index (χ3n) is 2.17. The summed E-state index contributed by atoms with van der Waals surface area (Å²) in [5, 5.41) is 10.9. The van der Waals surface area contributed by atoms with Gasteiger partial charge in [0.1, 0.15) is 0 Å². The molecule has 0 fully saturated rings. The third-order valence-corrected chi connectivity index (χ3v) is 2.52. The Morgan fingerprint density at radius 2 is 2.36 bits per heavy atom. The summed E-state index contributed by atoms with van der Waals surface area (Å²) in [6.45, 7) is 5.78. The SMILES string of the molecule is CCn1ncc(CNC(=S)NC)c1C. The van der Waals surface area contributed by atoms with E-state index >= 15 is 0 Å². The first kappa shape index (κ1) is 11.0. The van der Waals surface area contributed by atoms with Crippen LogP contribution in [0.25, 0.3) is 0 Å².